The van der Waals surface area contributed by atoms with E-state index in [1.54, 1.807) is 0 Å². The number of benzene rings is 7. The van der Waals surface area contributed by atoms with Gasteiger partial charge >= 0.3 is 0 Å². The van der Waals surface area contributed by atoms with Gasteiger partial charge in [0, 0.05) is 44.9 Å². The first kappa shape index (κ1) is 40.1. The highest BCUT2D eigenvalue weighted by atomic mass is 16.3. The second kappa shape index (κ2) is 13.8. The summed E-state index contributed by atoms with van der Waals surface area (Å²) in [6.45, 7) is 28.0. The molecule has 0 fully saturated rings. The third-order valence-electron chi connectivity index (χ3n) is 13.5. The van der Waals surface area contributed by atoms with Crippen LogP contribution in [0.3, 0.4) is 0 Å². The number of rotatable bonds is 3. The standard InChI is InChI=1S/C58H59BN2O/c1-55(2,3)38-21-25-42(26-22-38)60-48-28-24-39(56(4,5)6)32-47(48)59-46-27-23-40(57(7,8)9)33-49(46)61(51-35-41(58(10,11)12)34-50(60)54(51)59)43-17-15-16-36(30-43)37-20-29-53-45(31-37)44-18-13-14-19-52(44)62-53/h13-35H,1-12H3. The lowest BCUT2D eigenvalue weighted by molar-refractivity contribution is 0.589. The molecular formula is C58H59BN2O. The fourth-order valence-electron chi connectivity index (χ4n) is 9.76. The number of hydrogen-bond acceptors (Lipinski definition) is 3. The first-order valence-electron chi connectivity index (χ1n) is 22.5. The van der Waals surface area contributed by atoms with Gasteiger partial charge in [-0.25, -0.2) is 0 Å². The average molecular weight is 811 g/mol. The molecule has 3 heterocycles. The van der Waals surface area contributed by atoms with Crippen molar-refractivity contribution in [1.29, 1.82) is 0 Å². The van der Waals surface area contributed by atoms with Crippen molar-refractivity contribution in [2.75, 3.05) is 9.80 Å². The molecule has 8 aromatic rings. The summed E-state index contributed by atoms with van der Waals surface area (Å²) >= 11 is 0. The van der Waals surface area contributed by atoms with Crippen LogP contribution in [0, 0.1) is 0 Å². The third kappa shape index (κ3) is 6.57. The van der Waals surface area contributed by atoms with Crippen LogP contribution in [0.5, 0.6) is 0 Å². The van der Waals surface area contributed by atoms with Crippen LogP contribution in [0.4, 0.5) is 34.1 Å². The molecule has 7 aromatic carbocycles. The molecule has 4 heteroatoms. The van der Waals surface area contributed by atoms with E-state index in [0.29, 0.717) is 0 Å². The maximum absolute atomic E-state index is 6.25. The first-order chi connectivity index (χ1) is 29.3. The summed E-state index contributed by atoms with van der Waals surface area (Å²) in [6, 6.07) is 53.1. The zero-order valence-electron chi connectivity index (χ0n) is 38.7. The second-order valence-corrected chi connectivity index (χ2v) is 22.0. The van der Waals surface area contributed by atoms with Gasteiger partial charge in [-0.05, 0) is 138 Å². The molecule has 2 aliphatic heterocycles. The molecular weight excluding hydrogens is 751 g/mol. The Labute approximate surface area is 369 Å². The lowest BCUT2D eigenvalue weighted by Crippen LogP contribution is -2.61. The summed E-state index contributed by atoms with van der Waals surface area (Å²) in [5, 5.41) is 2.28. The fraction of sp³-hybridized carbons (Fsp3) is 0.276. The predicted octanol–water partition coefficient (Wildman–Crippen LogP) is 14.5. The molecule has 0 saturated carbocycles. The Kier molecular flexibility index (Phi) is 8.89. The van der Waals surface area contributed by atoms with E-state index < -0.39 is 0 Å². The summed E-state index contributed by atoms with van der Waals surface area (Å²) in [4.78, 5) is 5.15. The van der Waals surface area contributed by atoms with Crippen molar-refractivity contribution in [2.24, 2.45) is 0 Å². The molecule has 310 valence electrons. The van der Waals surface area contributed by atoms with Gasteiger partial charge in [-0.1, -0.05) is 156 Å². The fourth-order valence-corrected chi connectivity index (χ4v) is 9.76. The molecule has 62 heavy (non-hydrogen) atoms. The van der Waals surface area contributed by atoms with Crippen LogP contribution >= 0.6 is 0 Å². The molecule has 0 amide bonds. The Morgan fingerprint density at radius 2 is 0.935 bits per heavy atom. The van der Waals surface area contributed by atoms with Gasteiger partial charge < -0.3 is 14.2 Å². The lowest BCUT2D eigenvalue weighted by Gasteiger charge is -2.45. The van der Waals surface area contributed by atoms with Crippen molar-refractivity contribution in [3.05, 3.63) is 162 Å². The van der Waals surface area contributed by atoms with Crippen molar-refractivity contribution < 1.29 is 4.42 Å². The zero-order chi connectivity index (χ0) is 43.7. The van der Waals surface area contributed by atoms with Gasteiger partial charge in [-0.2, -0.15) is 0 Å². The molecule has 3 nitrogen and oxygen atoms in total. The van der Waals surface area contributed by atoms with Crippen LogP contribution in [0.15, 0.2) is 144 Å². The molecule has 0 N–H and O–H groups in total. The second-order valence-electron chi connectivity index (χ2n) is 22.0. The molecule has 0 spiro atoms. The molecule has 0 saturated heterocycles. The van der Waals surface area contributed by atoms with E-state index in [2.05, 4.69) is 226 Å². The number of nitrogens with zero attached hydrogens (tertiary/aromatic N) is 2. The van der Waals surface area contributed by atoms with E-state index in [9.17, 15) is 0 Å². The number of hydrogen-bond donors (Lipinski definition) is 0. The Morgan fingerprint density at radius 1 is 0.371 bits per heavy atom. The van der Waals surface area contributed by atoms with Gasteiger partial charge in [0.05, 0.1) is 0 Å². The normalized spacial score (nSPS) is 14.0. The Morgan fingerprint density at radius 3 is 1.61 bits per heavy atom. The van der Waals surface area contributed by atoms with Gasteiger partial charge in [-0.3, -0.25) is 0 Å². The number of para-hydroxylation sites is 1. The van der Waals surface area contributed by atoms with Crippen molar-refractivity contribution in [2.45, 2.75) is 105 Å². The summed E-state index contributed by atoms with van der Waals surface area (Å²) in [5.74, 6) is 0. The third-order valence-corrected chi connectivity index (χ3v) is 13.5. The highest BCUT2D eigenvalue weighted by Gasteiger charge is 2.45. The van der Waals surface area contributed by atoms with Crippen molar-refractivity contribution in [3.63, 3.8) is 0 Å². The van der Waals surface area contributed by atoms with Crippen molar-refractivity contribution in [1.82, 2.24) is 0 Å². The van der Waals surface area contributed by atoms with E-state index in [1.165, 1.54) is 78.2 Å². The maximum atomic E-state index is 6.25. The molecule has 10 rings (SSSR count). The van der Waals surface area contributed by atoms with E-state index >= 15 is 0 Å². The van der Waals surface area contributed by atoms with E-state index in [4.69, 9.17) is 4.42 Å². The van der Waals surface area contributed by atoms with Crippen molar-refractivity contribution >= 4 is 79.2 Å². The maximum Gasteiger partial charge on any atom is 0.252 e. The highest BCUT2D eigenvalue weighted by Crippen LogP contribution is 2.48. The van der Waals surface area contributed by atoms with E-state index in [-0.39, 0.29) is 28.4 Å². The largest absolute Gasteiger partial charge is 0.456 e. The van der Waals surface area contributed by atoms with Gasteiger partial charge in [-0.15, -0.1) is 0 Å². The molecule has 0 bridgehead atoms. The summed E-state index contributed by atoms with van der Waals surface area (Å²) in [6.07, 6.45) is 0. The first-order valence-corrected chi connectivity index (χ1v) is 22.5. The Hall–Kier alpha value is -6.00. The van der Waals surface area contributed by atoms with Crippen LogP contribution in [-0.4, -0.2) is 6.71 Å². The number of anilines is 6. The highest BCUT2D eigenvalue weighted by molar-refractivity contribution is 7.00. The molecule has 1 aromatic heterocycles. The van der Waals surface area contributed by atoms with Crippen LogP contribution in [-0.2, 0) is 21.7 Å². The minimum absolute atomic E-state index is 0.0146. The molecule has 0 atom stereocenters. The number of furan rings is 1. The predicted molar refractivity (Wildman–Crippen MR) is 268 cm³/mol. The molecule has 0 radical (unpaired) electrons. The molecule has 0 unspecified atom stereocenters. The number of fused-ring (bicyclic) bond motifs is 7. The van der Waals surface area contributed by atoms with Crippen LogP contribution in [0.2, 0.25) is 0 Å². The summed E-state index contributed by atoms with van der Waals surface area (Å²) in [7, 11) is 0. The van der Waals surface area contributed by atoms with Crippen LogP contribution in [0.25, 0.3) is 33.1 Å². The van der Waals surface area contributed by atoms with Gasteiger partial charge in [0.25, 0.3) is 6.71 Å². The smallest absolute Gasteiger partial charge is 0.252 e. The van der Waals surface area contributed by atoms with E-state index in [0.717, 1.165) is 27.6 Å². The Balaban J connectivity index is 1.27. The van der Waals surface area contributed by atoms with Crippen molar-refractivity contribution in [3.8, 4) is 11.1 Å². The SMILES string of the molecule is CC(C)(C)c1ccc(N2c3ccc(C(C)(C)C)cc3B3c4ccc(C(C)(C)C)cc4N(c4cccc(-c5ccc6oc7ccccc7c6c5)c4)c4cc(C(C)(C)C)cc2c43)cc1. The quantitative estimate of drug-likeness (QED) is 0.166. The minimum Gasteiger partial charge on any atom is -0.456 e. The molecule has 0 aliphatic carbocycles. The zero-order valence-corrected chi connectivity index (χ0v) is 38.7. The topological polar surface area (TPSA) is 19.6 Å². The summed E-state index contributed by atoms with van der Waals surface area (Å²) < 4.78 is 6.25. The van der Waals surface area contributed by atoms with E-state index in [1.807, 2.05) is 6.07 Å². The lowest BCUT2D eigenvalue weighted by atomic mass is 9.33. The molecule has 2 aliphatic rings. The average Bonchev–Trinajstić information content (AvgIpc) is 3.60. The monoisotopic (exact) mass is 810 g/mol. The van der Waals surface area contributed by atoms with Gasteiger partial charge in [0.15, 0.2) is 0 Å². The van der Waals surface area contributed by atoms with Gasteiger partial charge in [0.2, 0.25) is 0 Å². The summed E-state index contributed by atoms with van der Waals surface area (Å²) in [5.41, 5.74) is 20.7. The minimum atomic E-state index is -0.108. The van der Waals surface area contributed by atoms with Crippen LogP contribution in [0.1, 0.15) is 105 Å². The van der Waals surface area contributed by atoms with Gasteiger partial charge in [0.1, 0.15) is 11.2 Å². The Bertz CT molecular complexity index is 3070. The van der Waals surface area contributed by atoms with Crippen LogP contribution < -0.4 is 26.2 Å².